The second-order valence-corrected chi connectivity index (χ2v) is 6.10. The van der Waals surface area contributed by atoms with Gasteiger partial charge in [-0.3, -0.25) is 4.68 Å². The Hall–Kier alpha value is -0.380. The van der Waals surface area contributed by atoms with Crippen molar-refractivity contribution in [1.82, 2.24) is 9.78 Å². The van der Waals surface area contributed by atoms with Crippen LogP contribution in [-0.4, -0.2) is 20.4 Å². The summed E-state index contributed by atoms with van der Waals surface area (Å²) in [5, 5.41) is 19.3. The van der Waals surface area contributed by atoms with Crippen LogP contribution in [0.4, 0.5) is 13.2 Å². The van der Waals surface area contributed by atoms with E-state index in [2.05, 4.69) is 10.3 Å². The van der Waals surface area contributed by atoms with Gasteiger partial charge in [-0.05, 0) is 19.7 Å². The molecule has 5 nitrogen and oxygen atoms in total. The Morgan fingerprint density at radius 3 is 2.52 bits per heavy atom. The molecule has 0 bridgehead atoms. The van der Waals surface area contributed by atoms with Gasteiger partial charge in [-0.15, -0.1) is 11.8 Å². The van der Waals surface area contributed by atoms with Crippen molar-refractivity contribution in [1.29, 1.82) is 0 Å². The van der Waals surface area contributed by atoms with Crippen LogP contribution in [0.3, 0.4) is 0 Å². The fourth-order valence-electron chi connectivity index (χ4n) is 1.75. The molecule has 0 radical (unpaired) electrons. The van der Waals surface area contributed by atoms with E-state index in [0.717, 1.165) is 11.8 Å². The molecule has 0 saturated heterocycles. The monoisotopic (exact) mass is 331 g/mol. The van der Waals surface area contributed by atoms with Crippen molar-refractivity contribution in [2.24, 2.45) is 12.2 Å². The molecule has 0 atom stereocenters. The molecule has 1 aromatic heterocycles. The SMILES string of the molecule is Cn1nc(C(F)(F)F)c(CSC2=NOC(C)(C)C2)c1[O-].[Na+]. The van der Waals surface area contributed by atoms with Gasteiger partial charge in [-0.25, -0.2) is 0 Å². The van der Waals surface area contributed by atoms with Crippen LogP contribution in [-0.2, 0) is 23.8 Å². The Morgan fingerprint density at radius 1 is 1.43 bits per heavy atom. The molecule has 0 fully saturated rings. The van der Waals surface area contributed by atoms with Gasteiger partial charge in [0.05, 0.1) is 0 Å². The summed E-state index contributed by atoms with van der Waals surface area (Å²) in [7, 11) is 1.20. The summed E-state index contributed by atoms with van der Waals surface area (Å²) in [5.74, 6) is -0.858. The number of aryl methyl sites for hydroxylation is 1. The van der Waals surface area contributed by atoms with Crippen molar-refractivity contribution in [2.45, 2.75) is 37.8 Å². The molecule has 21 heavy (non-hydrogen) atoms. The largest absolute Gasteiger partial charge is 1.00 e. The molecule has 112 valence electrons. The van der Waals surface area contributed by atoms with Crippen LogP contribution < -0.4 is 34.7 Å². The minimum atomic E-state index is -4.64. The van der Waals surface area contributed by atoms with E-state index in [9.17, 15) is 18.3 Å². The molecular weight excluding hydrogens is 318 g/mol. The Morgan fingerprint density at radius 2 is 2.05 bits per heavy atom. The fraction of sp³-hybridized carbons (Fsp3) is 0.636. The molecule has 10 heteroatoms. The molecule has 0 aliphatic carbocycles. The van der Waals surface area contributed by atoms with Crippen molar-refractivity contribution in [3.63, 3.8) is 0 Å². The van der Waals surface area contributed by atoms with Crippen LogP contribution in [0.5, 0.6) is 5.88 Å². The summed E-state index contributed by atoms with van der Waals surface area (Å²) in [6.45, 7) is 3.66. The molecule has 0 unspecified atom stereocenters. The second kappa shape index (κ2) is 6.39. The quantitative estimate of drug-likeness (QED) is 0.670. The van der Waals surface area contributed by atoms with Crippen molar-refractivity contribution >= 4 is 16.8 Å². The van der Waals surface area contributed by atoms with Crippen LogP contribution in [0.15, 0.2) is 5.16 Å². The van der Waals surface area contributed by atoms with E-state index in [1.54, 1.807) is 0 Å². The maximum absolute atomic E-state index is 12.8. The Bertz CT molecular complexity index is 558. The molecule has 0 saturated carbocycles. The van der Waals surface area contributed by atoms with Crippen molar-refractivity contribution < 1.29 is 52.7 Å². The molecule has 0 aromatic carbocycles. The third-order valence-electron chi connectivity index (χ3n) is 2.71. The van der Waals surface area contributed by atoms with E-state index in [-0.39, 0.29) is 40.9 Å². The number of halogens is 3. The average molecular weight is 331 g/mol. The smallest absolute Gasteiger partial charge is 0.859 e. The summed E-state index contributed by atoms with van der Waals surface area (Å²) >= 11 is 1.07. The first kappa shape index (κ1) is 18.7. The molecule has 1 aliphatic heterocycles. The summed E-state index contributed by atoms with van der Waals surface area (Å²) < 4.78 is 39.1. The topological polar surface area (TPSA) is 62.5 Å². The maximum atomic E-state index is 12.8. The van der Waals surface area contributed by atoms with Gasteiger partial charge in [0, 0.05) is 24.8 Å². The van der Waals surface area contributed by atoms with Crippen LogP contribution in [0, 0.1) is 0 Å². The standard InChI is InChI=1S/C11H14F3N3O2S.Na/c1-10(2)4-7(16-19-10)20-5-6-8(11(12,13)14)15-17(3)9(6)18;/h18H,4-5H2,1-3H3;/q;+1/p-1. The molecule has 0 N–H and O–H groups in total. The number of rotatable bonds is 2. The summed E-state index contributed by atoms with van der Waals surface area (Å²) in [6.07, 6.45) is -4.13. The Balaban J connectivity index is 0.00000220. The van der Waals surface area contributed by atoms with Gasteiger partial charge in [0.25, 0.3) is 0 Å². The van der Waals surface area contributed by atoms with E-state index in [1.165, 1.54) is 7.05 Å². The number of aromatic nitrogens is 2. The number of thioether (sulfide) groups is 1. The summed E-state index contributed by atoms with van der Waals surface area (Å²) in [4.78, 5) is 5.12. The van der Waals surface area contributed by atoms with Gasteiger partial charge < -0.3 is 9.94 Å². The Kier molecular flexibility index (Phi) is 5.68. The van der Waals surface area contributed by atoms with Crippen molar-refractivity contribution in [2.75, 3.05) is 0 Å². The number of nitrogens with zero attached hydrogens (tertiary/aromatic N) is 3. The minimum Gasteiger partial charge on any atom is -0.859 e. The van der Waals surface area contributed by atoms with Gasteiger partial charge in [-0.2, -0.15) is 18.3 Å². The second-order valence-electron chi connectivity index (χ2n) is 5.06. The zero-order chi connectivity index (χ0) is 15.1. The van der Waals surface area contributed by atoms with Crippen LogP contribution in [0.2, 0.25) is 0 Å². The molecule has 0 amide bonds. The third kappa shape index (κ3) is 4.30. The fourth-order valence-corrected chi connectivity index (χ4v) is 2.86. The van der Waals surface area contributed by atoms with E-state index in [0.29, 0.717) is 16.1 Å². The predicted molar refractivity (Wildman–Crippen MR) is 66.2 cm³/mol. The van der Waals surface area contributed by atoms with Gasteiger partial charge in [0.1, 0.15) is 10.6 Å². The molecule has 2 rings (SSSR count). The van der Waals surface area contributed by atoms with E-state index >= 15 is 0 Å². The van der Waals surface area contributed by atoms with E-state index < -0.39 is 23.4 Å². The normalized spacial score (nSPS) is 17.1. The van der Waals surface area contributed by atoms with Crippen LogP contribution in [0.25, 0.3) is 0 Å². The number of oxime groups is 1. The Labute approximate surface area is 146 Å². The number of alkyl halides is 3. The van der Waals surface area contributed by atoms with Gasteiger partial charge in [0.2, 0.25) is 0 Å². The van der Waals surface area contributed by atoms with Gasteiger partial charge >= 0.3 is 35.7 Å². The van der Waals surface area contributed by atoms with Gasteiger partial charge in [0.15, 0.2) is 5.69 Å². The predicted octanol–water partition coefficient (Wildman–Crippen LogP) is -0.738. The summed E-state index contributed by atoms with van der Waals surface area (Å²) in [6, 6.07) is 0. The van der Waals surface area contributed by atoms with Crippen LogP contribution >= 0.6 is 11.8 Å². The first-order valence-electron chi connectivity index (χ1n) is 5.78. The third-order valence-corrected chi connectivity index (χ3v) is 3.70. The van der Waals surface area contributed by atoms with E-state index in [1.807, 2.05) is 13.8 Å². The molecule has 2 heterocycles. The van der Waals surface area contributed by atoms with Crippen molar-refractivity contribution in [3.05, 3.63) is 11.3 Å². The average Bonchev–Trinajstić information content (AvgIpc) is 2.78. The zero-order valence-corrected chi connectivity index (χ0v) is 14.9. The van der Waals surface area contributed by atoms with Gasteiger partial charge in [-0.1, -0.05) is 5.16 Å². The zero-order valence-electron chi connectivity index (χ0n) is 12.1. The molecule has 1 aromatic rings. The van der Waals surface area contributed by atoms with E-state index in [4.69, 9.17) is 4.84 Å². The summed E-state index contributed by atoms with van der Waals surface area (Å²) in [5.41, 5.74) is -1.93. The minimum absolute atomic E-state index is 0. The van der Waals surface area contributed by atoms with Crippen LogP contribution in [0.1, 0.15) is 31.5 Å². The number of hydrogen-bond donors (Lipinski definition) is 0. The first-order chi connectivity index (χ1) is 9.10. The van der Waals surface area contributed by atoms with Crippen molar-refractivity contribution in [3.8, 4) is 5.88 Å². The first-order valence-corrected chi connectivity index (χ1v) is 6.76. The molecule has 0 spiro atoms. The maximum Gasteiger partial charge on any atom is 1.00 e. The molecular formula is C11H13F3N3NaO2S. The number of hydrogen-bond acceptors (Lipinski definition) is 5. The molecule has 1 aliphatic rings.